The van der Waals surface area contributed by atoms with E-state index < -0.39 is 0 Å². The number of hydrogen-bond acceptors (Lipinski definition) is 4. The van der Waals surface area contributed by atoms with Crippen molar-refractivity contribution in [2.24, 2.45) is 5.92 Å². The third kappa shape index (κ3) is 3.20. The summed E-state index contributed by atoms with van der Waals surface area (Å²) >= 11 is 1.64. The lowest BCUT2D eigenvalue weighted by molar-refractivity contribution is 0.0916. The van der Waals surface area contributed by atoms with Crippen LogP contribution < -0.4 is 5.32 Å². The van der Waals surface area contributed by atoms with Crippen LogP contribution in [0, 0.1) is 5.92 Å². The molecule has 1 atom stereocenters. The van der Waals surface area contributed by atoms with Gasteiger partial charge in [0.25, 0.3) is 5.91 Å². The fourth-order valence-electron chi connectivity index (χ4n) is 1.80. The Morgan fingerprint density at radius 1 is 1.53 bits per heavy atom. The molecule has 0 aromatic carbocycles. The lowest BCUT2D eigenvalue weighted by atomic mass is 10.0. The summed E-state index contributed by atoms with van der Waals surface area (Å²) in [6.07, 6.45) is 0.735. The molecular weight excluding hydrogens is 260 g/mol. The van der Waals surface area contributed by atoms with E-state index in [4.69, 9.17) is 0 Å². The van der Waals surface area contributed by atoms with Gasteiger partial charge in [-0.15, -0.1) is 16.4 Å². The van der Waals surface area contributed by atoms with Crippen molar-refractivity contribution in [2.45, 2.75) is 33.2 Å². The van der Waals surface area contributed by atoms with Crippen LogP contribution in [0.5, 0.6) is 0 Å². The molecule has 0 spiro atoms. The van der Waals surface area contributed by atoms with Gasteiger partial charge in [-0.3, -0.25) is 9.89 Å². The van der Waals surface area contributed by atoms with E-state index in [2.05, 4.69) is 34.3 Å². The first kappa shape index (κ1) is 13.7. The molecule has 0 aliphatic carbocycles. The van der Waals surface area contributed by atoms with Crippen molar-refractivity contribution >= 4 is 17.2 Å². The van der Waals surface area contributed by atoms with Crippen LogP contribution in [0.1, 0.15) is 48.1 Å². The van der Waals surface area contributed by atoms with E-state index in [1.54, 1.807) is 11.3 Å². The highest BCUT2D eigenvalue weighted by molar-refractivity contribution is 7.10. The van der Waals surface area contributed by atoms with Gasteiger partial charge in [-0.05, 0) is 17.4 Å². The van der Waals surface area contributed by atoms with Crippen molar-refractivity contribution in [1.82, 2.24) is 20.5 Å². The van der Waals surface area contributed by atoms with E-state index in [1.165, 1.54) is 0 Å². The van der Waals surface area contributed by atoms with Crippen LogP contribution in [0.3, 0.4) is 0 Å². The summed E-state index contributed by atoms with van der Waals surface area (Å²) in [7, 11) is 0. The summed E-state index contributed by atoms with van der Waals surface area (Å²) in [4.78, 5) is 17.4. The molecule has 19 heavy (non-hydrogen) atoms. The quantitative estimate of drug-likeness (QED) is 0.883. The van der Waals surface area contributed by atoms with Crippen LogP contribution in [-0.4, -0.2) is 21.1 Å². The number of aryl methyl sites for hydroxylation is 1. The third-order valence-electron chi connectivity index (χ3n) is 2.87. The second kappa shape index (κ2) is 5.97. The Kier molecular flexibility index (Phi) is 4.31. The maximum absolute atomic E-state index is 12.1. The van der Waals surface area contributed by atoms with Gasteiger partial charge in [-0.2, -0.15) is 0 Å². The SMILES string of the molecule is CCc1nc(C(=O)NC(c2cccs2)C(C)C)n[nH]1. The standard InChI is InChI=1S/C13H18N4OS/c1-4-10-14-12(17-16-10)13(18)15-11(8(2)3)9-6-5-7-19-9/h5-8,11H,4H2,1-3H3,(H,15,18)(H,14,16,17). The van der Waals surface area contributed by atoms with Crippen molar-refractivity contribution in [3.8, 4) is 0 Å². The van der Waals surface area contributed by atoms with Gasteiger partial charge < -0.3 is 5.32 Å². The van der Waals surface area contributed by atoms with E-state index in [9.17, 15) is 4.79 Å². The number of hydrogen-bond donors (Lipinski definition) is 2. The highest BCUT2D eigenvalue weighted by atomic mass is 32.1. The van der Waals surface area contributed by atoms with Crippen LogP contribution in [0.2, 0.25) is 0 Å². The van der Waals surface area contributed by atoms with Gasteiger partial charge in [0.2, 0.25) is 5.82 Å². The number of aromatic nitrogens is 3. The number of aromatic amines is 1. The Labute approximate surface area is 116 Å². The van der Waals surface area contributed by atoms with Crippen LogP contribution in [0.25, 0.3) is 0 Å². The third-order valence-corrected chi connectivity index (χ3v) is 3.83. The first-order chi connectivity index (χ1) is 9.11. The Morgan fingerprint density at radius 3 is 2.84 bits per heavy atom. The lowest BCUT2D eigenvalue weighted by Gasteiger charge is -2.20. The van der Waals surface area contributed by atoms with Crippen molar-refractivity contribution in [1.29, 1.82) is 0 Å². The summed E-state index contributed by atoms with van der Waals surface area (Å²) < 4.78 is 0. The van der Waals surface area contributed by atoms with Crippen molar-refractivity contribution in [3.63, 3.8) is 0 Å². The molecule has 2 N–H and O–H groups in total. The smallest absolute Gasteiger partial charge is 0.291 e. The predicted octanol–water partition coefficient (Wildman–Crippen LogP) is 2.56. The Bertz CT molecular complexity index is 533. The molecular formula is C13H18N4OS. The molecule has 2 heterocycles. The molecule has 1 unspecified atom stereocenters. The number of carbonyl (C=O) groups is 1. The molecule has 0 aliphatic rings. The van der Waals surface area contributed by atoms with Gasteiger partial charge >= 0.3 is 0 Å². The average Bonchev–Trinajstić information content (AvgIpc) is 3.05. The van der Waals surface area contributed by atoms with Crippen LogP contribution >= 0.6 is 11.3 Å². The molecule has 5 nitrogen and oxygen atoms in total. The average molecular weight is 278 g/mol. The maximum Gasteiger partial charge on any atom is 0.291 e. The summed E-state index contributed by atoms with van der Waals surface area (Å²) in [6, 6.07) is 4.02. The molecule has 0 radical (unpaired) electrons. The van der Waals surface area contributed by atoms with E-state index in [-0.39, 0.29) is 17.8 Å². The number of amides is 1. The predicted molar refractivity (Wildman–Crippen MR) is 75.1 cm³/mol. The molecule has 102 valence electrons. The summed E-state index contributed by atoms with van der Waals surface area (Å²) in [6.45, 7) is 6.13. The minimum Gasteiger partial charge on any atom is -0.341 e. The Morgan fingerprint density at radius 2 is 2.32 bits per heavy atom. The summed E-state index contributed by atoms with van der Waals surface area (Å²) in [5.41, 5.74) is 0. The normalized spacial score (nSPS) is 12.6. The molecule has 0 bridgehead atoms. The van der Waals surface area contributed by atoms with Gasteiger partial charge in [0.05, 0.1) is 6.04 Å². The lowest BCUT2D eigenvalue weighted by Crippen LogP contribution is -2.32. The number of nitrogens with zero attached hydrogens (tertiary/aromatic N) is 2. The minimum atomic E-state index is -0.233. The molecule has 0 saturated heterocycles. The highest BCUT2D eigenvalue weighted by Gasteiger charge is 2.22. The molecule has 0 fully saturated rings. The van der Waals surface area contributed by atoms with E-state index in [0.29, 0.717) is 5.92 Å². The maximum atomic E-state index is 12.1. The van der Waals surface area contributed by atoms with Gasteiger partial charge in [0.1, 0.15) is 5.82 Å². The zero-order chi connectivity index (χ0) is 13.8. The van der Waals surface area contributed by atoms with Gasteiger partial charge in [0.15, 0.2) is 0 Å². The fraction of sp³-hybridized carbons (Fsp3) is 0.462. The Balaban J connectivity index is 2.11. The van der Waals surface area contributed by atoms with E-state index >= 15 is 0 Å². The Hall–Kier alpha value is -1.69. The molecule has 2 rings (SSSR count). The molecule has 0 aliphatic heterocycles. The molecule has 2 aromatic heterocycles. The first-order valence-corrected chi connectivity index (χ1v) is 7.25. The number of carbonyl (C=O) groups excluding carboxylic acids is 1. The largest absolute Gasteiger partial charge is 0.341 e. The highest BCUT2D eigenvalue weighted by Crippen LogP contribution is 2.25. The van der Waals surface area contributed by atoms with Gasteiger partial charge in [-0.25, -0.2) is 4.98 Å². The van der Waals surface area contributed by atoms with Crippen LogP contribution in [0.15, 0.2) is 17.5 Å². The van der Waals surface area contributed by atoms with E-state index in [0.717, 1.165) is 17.1 Å². The first-order valence-electron chi connectivity index (χ1n) is 6.37. The molecule has 0 saturated carbocycles. The zero-order valence-corrected chi connectivity index (χ0v) is 12.1. The van der Waals surface area contributed by atoms with Gasteiger partial charge in [-0.1, -0.05) is 26.8 Å². The second-order valence-corrected chi connectivity index (χ2v) is 5.65. The molecule has 6 heteroatoms. The monoisotopic (exact) mass is 278 g/mol. The van der Waals surface area contributed by atoms with Gasteiger partial charge in [0, 0.05) is 11.3 Å². The second-order valence-electron chi connectivity index (χ2n) is 4.67. The molecule has 2 aromatic rings. The number of thiophene rings is 1. The van der Waals surface area contributed by atoms with Crippen LogP contribution in [-0.2, 0) is 6.42 Å². The van der Waals surface area contributed by atoms with Crippen LogP contribution in [0.4, 0.5) is 0 Å². The fourth-order valence-corrected chi connectivity index (χ4v) is 2.74. The molecule has 1 amide bonds. The van der Waals surface area contributed by atoms with Crippen molar-refractivity contribution in [3.05, 3.63) is 34.0 Å². The van der Waals surface area contributed by atoms with Crippen molar-refractivity contribution < 1.29 is 4.79 Å². The topological polar surface area (TPSA) is 70.7 Å². The summed E-state index contributed by atoms with van der Waals surface area (Å²) in [5, 5.41) is 11.7. The number of rotatable bonds is 5. The van der Waals surface area contributed by atoms with E-state index in [1.807, 2.05) is 24.4 Å². The van der Waals surface area contributed by atoms with Crippen molar-refractivity contribution in [2.75, 3.05) is 0 Å². The zero-order valence-electron chi connectivity index (χ0n) is 11.3. The number of H-pyrrole nitrogens is 1. The number of nitrogens with one attached hydrogen (secondary N) is 2. The minimum absolute atomic E-state index is 0.00363. The summed E-state index contributed by atoms with van der Waals surface area (Å²) in [5.74, 6) is 1.01.